The second-order valence-electron chi connectivity index (χ2n) is 7.11. The predicted octanol–water partition coefficient (Wildman–Crippen LogP) is 4.83. The Morgan fingerprint density at radius 3 is 2.09 bits per heavy atom. The Balaban J connectivity index is 1.46. The maximum atomic E-state index is 12.3. The first-order chi connectivity index (χ1) is 16.5. The maximum absolute atomic E-state index is 12.3. The second kappa shape index (κ2) is 13.9. The molecule has 0 amide bonds. The van der Waals surface area contributed by atoms with E-state index in [4.69, 9.17) is 28.4 Å². The summed E-state index contributed by atoms with van der Waals surface area (Å²) in [6.45, 7) is 5.12. The normalized spacial score (nSPS) is 11.3. The fourth-order valence-electron chi connectivity index (χ4n) is 2.93. The van der Waals surface area contributed by atoms with Crippen LogP contribution in [-0.4, -0.2) is 76.1 Å². The maximum Gasteiger partial charge on any atom is 0.514 e. The number of fused-ring (bicyclic) bond motifs is 2. The largest absolute Gasteiger partial charge is 0.514 e. The van der Waals surface area contributed by atoms with E-state index in [1.807, 2.05) is 25.1 Å². The number of carbonyl (C=O) groups excluding carboxylic acids is 1. The molecule has 2 aromatic carbocycles. The second-order valence-corrected chi connectivity index (χ2v) is 8.82. The van der Waals surface area contributed by atoms with E-state index in [0.717, 1.165) is 15.6 Å². The highest BCUT2D eigenvalue weighted by Crippen LogP contribution is 2.37. The molecule has 34 heavy (non-hydrogen) atoms. The van der Waals surface area contributed by atoms with Gasteiger partial charge in [0.2, 0.25) is 0 Å². The Kier molecular flexibility index (Phi) is 10.9. The molecule has 0 aliphatic carbocycles. The van der Waals surface area contributed by atoms with Crippen molar-refractivity contribution in [3.05, 3.63) is 38.8 Å². The third-order valence-electron chi connectivity index (χ3n) is 4.54. The summed E-state index contributed by atoms with van der Waals surface area (Å²) in [5.74, 6) is 0.236. The van der Waals surface area contributed by atoms with Gasteiger partial charge < -0.3 is 28.4 Å². The van der Waals surface area contributed by atoms with E-state index in [0.29, 0.717) is 60.7 Å². The van der Waals surface area contributed by atoms with Gasteiger partial charge in [0.05, 0.1) is 61.8 Å². The first kappa shape index (κ1) is 26.7. The van der Waals surface area contributed by atoms with Gasteiger partial charge >= 0.3 is 6.16 Å². The number of aromatic nitrogens is 2. The Hall–Kier alpha value is -1.89. The molecule has 0 atom stereocenters. The molecule has 9 nitrogen and oxygen atoms in total. The molecule has 0 unspecified atom stereocenters. The van der Waals surface area contributed by atoms with E-state index in [2.05, 4.69) is 41.8 Å². The molecule has 0 spiro atoms. The summed E-state index contributed by atoms with van der Waals surface area (Å²) < 4.78 is 32.8. The summed E-state index contributed by atoms with van der Waals surface area (Å²) >= 11 is 6.93. The van der Waals surface area contributed by atoms with Crippen molar-refractivity contribution in [3.8, 4) is 5.75 Å². The molecule has 1 heterocycles. The van der Waals surface area contributed by atoms with Crippen LogP contribution in [0.5, 0.6) is 5.75 Å². The van der Waals surface area contributed by atoms with Crippen LogP contribution in [0.3, 0.4) is 0 Å². The average Bonchev–Trinajstić information content (AvgIpc) is 2.81. The van der Waals surface area contributed by atoms with Crippen LogP contribution in [0.2, 0.25) is 0 Å². The quantitative estimate of drug-likeness (QED) is 0.118. The summed E-state index contributed by atoms with van der Waals surface area (Å²) in [5, 5.41) is 0. The van der Waals surface area contributed by atoms with Crippen molar-refractivity contribution >= 4 is 60.1 Å². The first-order valence-corrected chi connectivity index (χ1v) is 12.2. The van der Waals surface area contributed by atoms with Crippen molar-refractivity contribution in [2.75, 3.05) is 60.0 Å². The summed E-state index contributed by atoms with van der Waals surface area (Å²) in [4.78, 5) is 21.6. The summed E-state index contributed by atoms with van der Waals surface area (Å²) in [5.41, 5.74) is 3.54. The zero-order valence-corrected chi connectivity index (χ0v) is 22.1. The summed E-state index contributed by atoms with van der Waals surface area (Å²) in [7, 11) is 1.62. The van der Waals surface area contributed by atoms with Crippen molar-refractivity contribution in [1.29, 1.82) is 0 Å². The van der Waals surface area contributed by atoms with Crippen LogP contribution >= 0.6 is 31.9 Å². The van der Waals surface area contributed by atoms with E-state index >= 15 is 0 Å². The number of halogens is 2. The zero-order chi connectivity index (χ0) is 24.3. The van der Waals surface area contributed by atoms with Crippen molar-refractivity contribution in [1.82, 2.24) is 9.97 Å². The summed E-state index contributed by atoms with van der Waals surface area (Å²) in [6.07, 6.45) is -0.858. The monoisotopic (exact) mass is 600 g/mol. The first-order valence-electron chi connectivity index (χ1n) is 10.6. The lowest BCUT2D eigenvalue weighted by Gasteiger charge is -2.12. The molecule has 0 bridgehead atoms. The number of benzene rings is 2. The standard InChI is InChI=1S/C23H26Br2N2O7/c1-15-3-4-18-19(13-15)27-20-16(24)14-17(25)22(21(20)26-18)34-23(28)33-12-11-32-10-9-31-8-7-30-6-5-29-2/h3-4,13-14H,5-12H2,1-2H3. The molecule has 0 fully saturated rings. The van der Waals surface area contributed by atoms with Crippen molar-refractivity contribution in [3.63, 3.8) is 0 Å². The number of nitrogens with zero attached hydrogens (tertiary/aromatic N) is 2. The minimum atomic E-state index is -0.858. The smallest absolute Gasteiger partial charge is 0.432 e. The number of methoxy groups -OCH3 is 1. The molecule has 1 aromatic heterocycles. The van der Waals surface area contributed by atoms with Gasteiger partial charge in [0, 0.05) is 11.6 Å². The van der Waals surface area contributed by atoms with Crippen molar-refractivity contribution in [2.24, 2.45) is 0 Å². The highest BCUT2D eigenvalue weighted by Gasteiger charge is 2.18. The average molecular weight is 602 g/mol. The Bertz CT molecular complexity index is 1110. The minimum absolute atomic E-state index is 0.0406. The Morgan fingerprint density at radius 1 is 0.794 bits per heavy atom. The van der Waals surface area contributed by atoms with Gasteiger partial charge in [0.25, 0.3) is 0 Å². The molecule has 0 radical (unpaired) electrons. The number of hydrogen-bond acceptors (Lipinski definition) is 9. The lowest BCUT2D eigenvalue weighted by atomic mass is 10.2. The van der Waals surface area contributed by atoms with Crippen molar-refractivity contribution < 1.29 is 33.2 Å². The van der Waals surface area contributed by atoms with Gasteiger partial charge in [-0.05, 0) is 62.5 Å². The molecule has 3 aromatic rings. The van der Waals surface area contributed by atoms with E-state index in [-0.39, 0.29) is 19.0 Å². The Labute approximate surface area is 214 Å². The number of rotatable bonds is 13. The van der Waals surface area contributed by atoms with Gasteiger partial charge in [-0.25, -0.2) is 14.8 Å². The van der Waals surface area contributed by atoms with Crippen LogP contribution < -0.4 is 4.74 Å². The zero-order valence-electron chi connectivity index (χ0n) is 19.0. The lowest BCUT2D eigenvalue weighted by molar-refractivity contribution is -0.00449. The highest BCUT2D eigenvalue weighted by atomic mass is 79.9. The molecule has 0 aliphatic heterocycles. The van der Waals surface area contributed by atoms with E-state index < -0.39 is 6.16 Å². The van der Waals surface area contributed by atoms with Gasteiger partial charge in [-0.3, -0.25) is 0 Å². The van der Waals surface area contributed by atoms with E-state index in [1.54, 1.807) is 13.2 Å². The third-order valence-corrected chi connectivity index (χ3v) is 5.73. The molecule has 3 rings (SSSR count). The number of aryl methyl sites for hydroxylation is 1. The predicted molar refractivity (Wildman–Crippen MR) is 133 cm³/mol. The molecule has 0 saturated carbocycles. The van der Waals surface area contributed by atoms with Crippen molar-refractivity contribution in [2.45, 2.75) is 6.92 Å². The highest BCUT2D eigenvalue weighted by molar-refractivity contribution is 9.11. The number of carbonyl (C=O) groups is 1. The molecule has 11 heteroatoms. The van der Waals surface area contributed by atoms with E-state index in [1.165, 1.54) is 0 Å². The van der Waals surface area contributed by atoms with Crippen LogP contribution in [0.25, 0.3) is 22.1 Å². The van der Waals surface area contributed by atoms with Gasteiger partial charge in [-0.15, -0.1) is 0 Å². The fraction of sp³-hybridized carbons (Fsp3) is 0.435. The molecular weight excluding hydrogens is 576 g/mol. The summed E-state index contributed by atoms with van der Waals surface area (Å²) in [6, 6.07) is 7.54. The van der Waals surface area contributed by atoms with Gasteiger partial charge in [-0.1, -0.05) is 6.07 Å². The number of ether oxygens (including phenoxy) is 6. The SMILES string of the molecule is COCCOCCOCCOCCOC(=O)Oc1c(Br)cc(Br)c2nc3cc(C)ccc3nc12. The lowest BCUT2D eigenvalue weighted by Crippen LogP contribution is -2.16. The third kappa shape index (κ3) is 7.82. The van der Waals surface area contributed by atoms with Crippen LogP contribution in [0, 0.1) is 6.92 Å². The molecule has 0 aliphatic rings. The molecule has 0 saturated heterocycles. The van der Waals surface area contributed by atoms with E-state index in [9.17, 15) is 4.79 Å². The van der Waals surface area contributed by atoms with Crippen LogP contribution in [0.15, 0.2) is 33.2 Å². The van der Waals surface area contributed by atoms with Crippen LogP contribution in [-0.2, 0) is 23.7 Å². The topological polar surface area (TPSA) is 98.2 Å². The van der Waals surface area contributed by atoms with Gasteiger partial charge in [-0.2, -0.15) is 0 Å². The molecule has 0 N–H and O–H groups in total. The van der Waals surface area contributed by atoms with Crippen LogP contribution in [0.4, 0.5) is 4.79 Å². The fourth-order valence-corrected chi connectivity index (χ4v) is 4.24. The molecule has 184 valence electrons. The minimum Gasteiger partial charge on any atom is -0.432 e. The van der Waals surface area contributed by atoms with Crippen LogP contribution in [0.1, 0.15) is 5.56 Å². The number of hydrogen-bond donors (Lipinski definition) is 0. The van der Waals surface area contributed by atoms with Gasteiger partial charge in [0.15, 0.2) is 5.75 Å². The Morgan fingerprint density at radius 2 is 1.41 bits per heavy atom. The molecular formula is C23H26Br2N2O7. The van der Waals surface area contributed by atoms with Gasteiger partial charge in [0.1, 0.15) is 17.6 Å².